The summed E-state index contributed by atoms with van der Waals surface area (Å²) in [5.41, 5.74) is 0.771. The number of rotatable bonds is 4. The van der Waals surface area contributed by atoms with Crippen molar-refractivity contribution in [2.75, 3.05) is 0 Å². The van der Waals surface area contributed by atoms with Crippen LogP contribution in [-0.4, -0.2) is 0 Å². The van der Waals surface area contributed by atoms with Crippen LogP contribution in [0.1, 0.15) is 67.3 Å². The monoisotopic (exact) mass is 356 g/mol. The molecule has 5 heteroatoms. The van der Waals surface area contributed by atoms with Crippen LogP contribution < -0.4 is 0 Å². The normalized spacial score (nSPS) is 12.3. The molecule has 0 unspecified atom stereocenters. The summed E-state index contributed by atoms with van der Waals surface area (Å²) in [4.78, 5) is 0. The smallest absolute Gasteiger partial charge is 0.207 e. The fourth-order valence-corrected chi connectivity index (χ4v) is 3.23. The van der Waals surface area contributed by atoms with E-state index in [4.69, 9.17) is 0 Å². The summed E-state index contributed by atoms with van der Waals surface area (Å²) in [6.07, 6.45) is -4.58. The van der Waals surface area contributed by atoms with Crippen molar-refractivity contribution < 1.29 is 22.0 Å². The van der Waals surface area contributed by atoms with E-state index in [0.29, 0.717) is 11.6 Å². The topological polar surface area (TPSA) is 0 Å². The molecule has 2 aromatic carbocycles. The molecule has 0 heterocycles. The Morgan fingerprint density at radius 2 is 1.40 bits per heavy atom. The zero-order valence-electron chi connectivity index (χ0n) is 14.6. The Balaban J connectivity index is 2.65. The molecule has 0 fully saturated rings. The number of hydrogen-bond donors (Lipinski definition) is 0. The van der Waals surface area contributed by atoms with E-state index in [1.54, 1.807) is 19.9 Å². The van der Waals surface area contributed by atoms with Gasteiger partial charge in [-0.1, -0.05) is 33.8 Å². The van der Waals surface area contributed by atoms with E-state index in [2.05, 4.69) is 0 Å². The molecule has 0 bridgehead atoms. The third-order valence-electron chi connectivity index (χ3n) is 4.22. The van der Waals surface area contributed by atoms with Crippen LogP contribution in [0, 0.1) is 11.6 Å². The lowest BCUT2D eigenvalue weighted by Gasteiger charge is -2.21. The quantitative estimate of drug-likeness (QED) is 0.527. The Morgan fingerprint density at radius 3 is 1.92 bits per heavy atom. The molecule has 0 aliphatic heterocycles. The van der Waals surface area contributed by atoms with Crippen molar-refractivity contribution in [3.05, 3.63) is 69.8 Å². The summed E-state index contributed by atoms with van der Waals surface area (Å²) in [6.45, 7) is 7.13. The first-order chi connectivity index (χ1) is 11.5. The van der Waals surface area contributed by atoms with Crippen LogP contribution in [0.5, 0.6) is 0 Å². The van der Waals surface area contributed by atoms with Gasteiger partial charge in [0.2, 0.25) is 0 Å². The summed E-state index contributed by atoms with van der Waals surface area (Å²) in [6, 6.07) is 5.94. The SMILES string of the molecule is CC(C)c1ccc(F)cc1Cc1cc(F)cc(C(F)(F)F)c1C(C)C. The van der Waals surface area contributed by atoms with Gasteiger partial charge < -0.3 is 0 Å². The van der Waals surface area contributed by atoms with Gasteiger partial charge in [0, 0.05) is 0 Å². The molecule has 0 aliphatic rings. The molecule has 2 rings (SSSR count). The lowest BCUT2D eigenvalue weighted by atomic mass is 9.86. The van der Waals surface area contributed by atoms with E-state index >= 15 is 0 Å². The third kappa shape index (κ3) is 4.39. The van der Waals surface area contributed by atoms with Crippen LogP contribution in [0.4, 0.5) is 22.0 Å². The maximum Gasteiger partial charge on any atom is 0.416 e. The van der Waals surface area contributed by atoms with Crippen molar-refractivity contribution in [2.24, 2.45) is 0 Å². The minimum absolute atomic E-state index is 0.0552. The van der Waals surface area contributed by atoms with E-state index < -0.39 is 29.3 Å². The van der Waals surface area contributed by atoms with Gasteiger partial charge in [-0.3, -0.25) is 0 Å². The standard InChI is InChI=1S/C20H21F5/c1-11(2)17-6-5-15(21)8-13(17)7-14-9-16(22)10-18(20(23,24)25)19(14)12(3)4/h5-6,8-12H,7H2,1-4H3. The first kappa shape index (κ1) is 19.4. The van der Waals surface area contributed by atoms with E-state index in [-0.39, 0.29) is 23.5 Å². The van der Waals surface area contributed by atoms with Crippen LogP contribution in [0.25, 0.3) is 0 Å². The molecule has 0 saturated carbocycles. The molecule has 0 atom stereocenters. The van der Waals surface area contributed by atoms with Gasteiger partial charge in [0.1, 0.15) is 11.6 Å². The molecule has 0 aromatic heterocycles. The van der Waals surface area contributed by atoms with Crippen LogP contribution in [-0.2, 0) is 12.6 Å². The van der Waals surface area contributed by atoms with E-state index in [1.165, 1.54) is 12.1 Å². The molecule has 0 N–H and O–H groups in total. The summed E-state index contributed by atoms with van der Waals surface area (Å²) in [5, 5.41) is 0. The number of halogens is 5. The fourth-order valence-electron chi connectivity index (χ4n) is 3.23. The van der Waals surface area contributed by atoms with Crippen LogP contribution in [0.2, 0.25) is 0 Å². The predicted octanol–water partition coefficient (Wildman–Crippen LogP) is 6.82. The average molecular weight is 356 g/mol. The Labute approximate surface area is 144 Å². The largest absolute Gasteiger partial charge is 0.416 e. The number of benzene rings is 2. The Bertz CT molecular complexity index is 757. The van der Waals surface area contributed by atoms with Gasteiger partial charge in [0.15, 0.2) is 0 Å². The van der Waals surface area contributed by atoms with Crippen LogP contribution >= 0.6 is 0 Å². The van der Waals surface area contributed by atoms with E-state index in [1.807, 2.05) is 13.8 Å². The first-order valence-corrected chi connectivity index (χ1v) is 8.18. The highest BCUT2D eigenvalue weighted by Crippen LogP contribution is 2.38. The maximum absolute atomic E-state index is 13.9. The molecule has 0 nitrogen and oxygen atoms in total. The average Bonchev–Trinajstić information content (AvgIpc) is 2.44. The second-order valence-corrected chi connectivity index (χ2v) is 6.85. The molecule has 0 saturated heterocycles. The Kier molecular flexibility index (Phi) is 5.55. The molecule has 0 aliphatic carbocycles. The zero-order chi connectivity index (χ0) is 18.9. The predicted molar refractivity (Wildman–Crippen MR) is 88.8 cm³/mol. The fraction of sp³-hybridized carbons (Fsp3) is 0.400. The summed E-state index contributed by atoms with van der Waals surface area (Å²) < 4.78 is 67.6. The lowest BCUT2D eigenvalue weighted by Crippen LogP contribution is -2.14. The number of alkyl halides is 3. The van der Waals surface area contributed by atoms with Gasteiger partial charge in [-0.05, 0) is 64.8 Å². The van der Waals surface area contributed by atoms with Gasteiger partial charge in [-0.25, -0.2) is 8.78 Å². The molecule has 0 radical (unpaired) electrons. The molecule has 2 aromatic rings. The highest BCUT2D eigenvalue weighted by atomic mass is 19.4. The van der Waals surface area contributed by atoms with Crippen LogP contribution in [0.3, 0.4) is 0 Å². The molecule has 136 valence electrons. The second kappa shape index (κ2) is 7.14. The van der Waals surface area contributed by atoms with E-state index in [0.717, 1.165) is 11.6 Å². The van der Waals surface area contributed by atoms with Gasteiger partial charge >= 0.3 is 6.18 Å². The van der Waals surface area contributed by atoms with Crippen molar-refractivity contribution in [2.45, 2.75) is 52.1 Å². The zero-order valence-corrected chi connectivity index (χ0v) is 14.6. The Hall–Kier alpha value is -1.91. The molecule has 0 spiro atoms. The van der Waals surface area contributed by atoms with Gasteiger partial charge in [0.25, 0.3) is 0 Å². The Morgan fingerprint density at radius 1 is 0.800 bits per heavy atom. The van der Waals surface area contributed by atoms with Gasteiger partial charge in [-0.2, -0.15) is 13.2 Å². The highest BCUT2D eigenvalue weighted by Gasteiger charge is 2.35. The minimum atomic E-state index is -4.64. The summed E-state index contributed by atoms with van der Waals surface area (Å²) in [5.74, 6) is -1.76. The minimum Gasteiger partial charge on any atom is -0.207 e. The van der Waals surface area contributed by atoms with E-state index in [9.17, 15) is 22.0 Å². The molecular formula is C20H21F5. The van der Waals surface area contributed by atoms with Crippen molar-refractivity contribution in [1.29, 1.82) is 0 Å². The van der Waals surface area contributed by atoms with Crippen molar-refractivity contribution in [1.82, 2.24) is 0 Å². The highest BCUT2D eigenvalue weighted by molar-refractivity contribution is 5.44. The van der Waals surface area contributed by atoms with Crippen molar-refractivity contribution in [3.63, 3.8) is 0 Å². The second-order valence-electron chi connectivity index (χ2n) is 6.85. The summed E-state index contributed by atoms with van der Waals surface area (Å²) in [7, 11) is 0. The number of hydrogen-bond acceptors (Lipinski definition) is 0. The third-order valence-corrected chi connectivity index (χ3v) is 4.22. The van der Waals surface area contributed by atoms with Crippen molar-refractivity contribution >= 4 is 0 Å². The van der Waals surface area contributed by atoms with Gasteiger partial charge in [-0.15, -0.1) is 0 Å². The molecule has 25 heavy (non-hydrogen) atoms. The van der Waals surface area contributed by atoms with Crippen LogP contribution in [0.15, 0.2) is 30.3 Å². The molecular weight excluding hydrogens is 335 g/mol. The van der Waals surface area contributed by atoms with Gasteiger partial charge in [0.05, 0.1) is 5.56 Å². The first-order valence-electron chi connectivity index (χ1n) is 8.18. The maximum atomic E-state index is 13.9. The van der Waals surface area contributed by atoms with Crippen molar-refractivity contribution in [3.8, 4) is 0 Å². The summed E-state index contributed by atoms with van der Waals surface area (Å²) >= 11 is 0. The lowest BCUT2D eigenvalue weighted by molar-refractivity contribution is -0.138. The molecule has 0 amide bonds.